The number of hydrogen-bond acceptors (Lipinski definition) is 1. The highest BCUT2D eigenvalue weighted by atomic mass is 14.6. The van der Waals surface area contributed by atoms with Crippen molar-refractivity contribution in [1.29, 1.82) is 0 Å². The van der Waals surface area contributed by atoms with Gasteiger partial charge in [0.15, 0.2) is 0 Å². The molecule has 54 valence electrons. The summed E-state index contributed by atoms with van der Waals surface area (Å²) in [5.74, 6) is 0.951. The van der Waals surface area contributed by atoms with Crippen LogP contribution in [0, 0.1) is 11.3 Å². The van der Waals surface area contributed by atoms with E-state index >= 15 is 0 Å². The van der Waals surface area contributed by atoms with Crippen LogP contribution in [-0.4, -0.2) is 6.54 Å². The number of rotatable bonds is 3. The van der Waals surface area contributed by atoms with Gasteiger partial charge in [0.1, 0.15) is 0 Å². The molecule has 1 nitrogen and oxygen atoms in total. The van der Waals surface area contributed by atoms with Gasteiger partial charge in [0.25, 0.3) is 0 Å². The maximum atomic E-state index is 5.45. The van der Waals surface area contributed by atoms with Gasteiger partial charge in [-0.3, -0.25) is 0 Å². The van der Waals surface area contributed by atoms with Crippen LogP contribution < -0.4 is 5.73 Å². The molecule has 1 fully saturated rings. The Kier molecular flexibility index (Phi) is 1.80. The van der Waals surface area contributed by atoms with E-state index in [2.05, 4.69) is 13.8 Å². The Morgan fingerprint density at radius 3 is 2.67 bits per heavy atom. The topological polar surface area (TPSA) is 26.0 Å². The molecule has 0 bridgehead atoms. The van der Waals surface area contributed by atoms with Crippen molar-refractivity contribution >= 4 is 0 Å². The van der Waals surface area contributed by atoms with Gasteiger partial charge in [-0.2, -0.15) is 0 Å². The van der Waals surface area contributed by atoms with Crippen molar-refractivity contribution in [1.82, 2.24) is 0 Å². The van der Waals surface area contributed by atoms with Crippen LogP contribution in [0.2, 0.25) is 0 Å². The highest BCUT2D eigenvalue weighted by Crippen LogP contribution is 2.56. The maximum absolute atomic E-state index is 5.45. The second kappa shape index (κ2) is 2.30. The van der Waals surface area contributed by atoms with Crippen molar-refractivity contribution in [2.45, 2.75) is 33.1 Å². The fourth-order valence-corrected chi connectivity index (χ4v) is 1.59. The minimum Gasteiger partial charge on any atom is -0.330 e. The smallest absolute Gasteiger partial charge is 0.00744 e. The lowest BCUT2D eigenvalue weighted by Gasteiger charge is -2.04. The second-order valence-electron chi connectivity index (χ2n) is 3.49. The molecule has 0 amide bonds. The minimum atomic E-state index is 0.680. The first-order valence-electron chi connectivity index (χ1n) is 3.93. The van der Waals surface area contributed by atoms with Gasteiger partial charge in [-0.1, -0.05) is 20.3 Å². The fraction of sp³-hybridized carbons (Fsp3) is 1.00. The molecule has 0 heterocycles. The lowest BCUT2D eigenvalue weighted by atomic mass is 10.0. The molecule has 1 saturated carbocycles. The molecule has 1 rings (SSSR count). The van der Waals surface area contributed by atoms with E-state index in [1.165, 1.54) is 19.3 Å². The highest BCUT2D eigenvalue weighted by molar-refractivity contribution is 4.97. The van der Waals surface area contributed by atoms with Gasteiger partial charge in [0.2, 0.25) is 0 Å². The molecule has 2 N–H and O–H groups in total. The van der Waals surface area contributed by atoms with E-state index in [4.69, 9.17) is 5.73 Å². The Morgan fingerprint density at radius 1 is 1.67 bits per heavy atom. The molecule has 0 radical (unpaired) electrons. The SMILES string of the molecule is CC[C@@]1(C)C[C@H]1CCN. The monoisotopic (exact) mass is 127 g/mol. The van der Waals surface area contributed by atoms with E-state index < -0.39 is 0 Å². The molecule has 0 unspecified atom stereocenters. The molecule has 2 atom stereocenters. The van der Waals surface area contributed by atoms with Crippen LogP contribution in [-0.2, 0) is 0 Å². The minimum absolute atomic E-state index is 0.680. The van der Waals surface area contributed by atoms with Gasteiger partial charge < -0.3 is 5.73 Å². The Bertz CT molecular complexity index is 98.7. The van der Waals surface area contributed by atoms with E-state index in [9.17, 15) is 0 Å². The summed E-state index contributed by atoms with van der Waals surface area (Å²) in [4.78, 5) is 0. The Hall–Kier alpha value is -0.0400. The molecule has 1 heteroatoms. The average Bonchev–Trinajstić information content (AvgIpc) is 2.46. The molecule has 1 aliphatic rings. The number of nitrogens with two attached hydrogens (primary N) is 1. The summed E-state index contributed by atoms with van der Waals surface area (Å²) in [6.07, 6.45) is 3.99. The summed E-state index contributed by atoms with van der Waals surface area (Å²) in [5, 5.41) is 0. The third-order valence-corrected chi connectivity index (χ3v) is 2.86. The van der Waals surface area contributed by atoms with Crippen LogP contribution in [0.25, 0.3) is 0 Å². The largest absolute Gasteiger partial charge is 0.330 e. The van der Waals surface area contributed by atoms with Crippen molar-refractivity contribution < 1.29 is 0 Å². The van der Waals surface area contributed by atoms with Gasteiger partial charge in [0, 0.05) is 0 Å². The highest BCUT2D eigenvalue weighted by Gasteiger charge is 2.46. The predicted molar refractivity (Wildman–Crippen MR) is 40.2 cm³/mol. The first-order chi connectivity index (χ1) is 4.23. The zero-order valence-corrected chi connectivity index (χ0v) is 6.48. The Morgan fingerprint density at radius 2 is 2.33 bits per heavy atom. The molecule has 9 heavy (non-hydrogen) atoms. The lowest BCUT2D eigenvalue weighted by molar-refractivity contribution is 0.471. The standard InChI is InChI=1S/C8H17N/c1-3-8(2)6-7(8)4-5-9/h7H,3-6,9H2,1-2H3/t7-,8+/m1/s1. The zero-order valence-electron chi connectivity index (χ0n) is 6.48. The first-order valence-corrected chi connectivity index (χ1v) is 3.93. The third-order valence-electron chi connectivity index (χ3n) is 2.86. The molecule has 0 aliphatic heterocycles. The predicted octanol–water partition coefficient (Wildman–Crippen LogP) is 1.77. The quantitative estimate of drug-likeness (QED) is 0.614. The van der Waals surface area contributed by atoms with Crippen molar-refractivity contribution in [2.24, 2.45) is 17.1 Å². The van der Waals surface area contributed by atoms with Crippen LogP contribution >= 0.6 is 0 Å². The first kappa shape index (κ1) is 7.07. The van der Waals surface area contributed by atoms with E-state index in [-0.39, 0.29) is 0 Å². The van der Waals surface area contributed by atoms with Crippen LogP contribution in [0.1, 0.15) is 33.1 Å². The van der Waals surface area contributed by atoms with E-state index in [1.807, 2.05) is 0 Å². The third kappa shape index (κ3) is 1.26. The summed E-state index contributed by atoms with van der Waals surface area (Å²) in [6.45, 7) is 5.52. The van der Waals surface area contributed by atoms with Crippen molar-refractivity contribution in [2.75, 3.05) is 6.54 Å². The summed E-state index contributed by atoms with van der Waals surface area (Å²) >= 11 is 0. The Labute approximate surface area is 57.6 Å². The summed E-state index contributed by atoms with van der Waals surface area (Å²) in [6, 6.07) is 0. The van der Waals surface area contributed by atoms with Gasteiger partial charge in [-0.25, -0.2) is 0 Å². The normalized spacial score (nSPS) is 41.0. The van der Waals surface area contributed by atoms with Crippen LogP contribution in [0.15, 0.2) is 0 Å². The second-order valence-corrected chi connectivity index (χ2v) is 3.49. The zero-order chi connectivity index (χ0) is 6.91. The van der Waals surface area contributed by atoms with Gasteiger partial charge in [0.05, 0.1) is 0 Å². The van der Waals surface area contributed by atoms with E-state index in [0.29, 0.717) is 5.41 Å². The molecule has 0 saturated heterocycles. The molecule has 0 aromatic rings. The van der Waals surface area contributed by atoms with Crippen molar-refractivity contribution in [3.8, 4) is 0 Å². The van der Waals surface area contributed by atoms with Gasteiger partial charge in [-0.05, 0) is 30.7 Å². The summed E-state index contributed by atoms with van der Waals surface area (Å²) < 4.78 is 0. The molecule has 0 aromatic carbocycles. The van der Waals surface area contributed by atoms with Gasteiger partial charge >= 0.3 is 0 Å². The van der Waals surface area contributed by atoms with Crippen molar-refractivity contribution in [3.05, 3.63) is 0 Å². The lowest BCUT2D eigenvalue weighted by Crippen LogP contribution is -2.03. The number of hydrogen-bond donors (Lipinski definition) is 1. The molecular weight excluding hydrogens is 110 g/mol. The summed E-state index contributed by atoms with van der Waals surface area (Å²) in [5.41, 5.74) is 6.13. The van der Waals surface area contributed by atoms with Gasteiger partial charge in [-0.15, -0.1) is 0 Å². The average molecular weight is 127 g/mol. The maximum Gasteiger partial charge on any atom is -0.00744 e. The van der Waals surface area contributed by atoms with Crippen LogP contribution in [0.4, 0.5) is 0 Å². The van der Waals surface area contributed by atoms with Crippen molar-refractivity contribution in [3.63, 3.8) is 0 Å². The molecule has 0 spiro atoms. The Balaban J connectivity index is 2.22. The fourth-order valence-electron chi connectivity index (χ4n) is 1.59. The summed E-state index contributed by atoms with van der Waals surface area (Å²) in [7, 11) is 0. The van der Waals surface area contributed by atoms with Crippen LogP contribution in [0.5, 0.6) is 0 Å². The van der Waals surface area contributed by atoms with E-state index in [1.54, 1.807) is 0 Å². The molecular formula is C8H17N. The molecule has 1 aliphatic carbocycles. The van der Waals surface area contributed by atoms with E-state index in [0.717, 1.165) is 12.5 Å². The molecule has 0 aromatic heterocycles. The van der Waals surface area contributed by atoms with Crippen LogP contribution in [0.3, 0.4) is 0 Å².